The summed E-state index contributed by atoms with van der Waals surface area (Å²) in [5.41, 5.74) is 6.64. The number of imidazole rings is 1. The van der Waals surface area contributed by atoms with Gasteiger partial charge in [-0.2, -0.15) is 0 Å². The van der Waals surface area contributed by atoms with Crippen LogP contribution in [0.15, 0.2) is 24.5 Å². The second-order valence-electron chi connectivity index (χ2n) is 3.16. The third-order valence-corrected chi connectivity index (χ3v) is 2.04. The highest BCUT2D eigenvalue weighted by Gasteiger charge is 2.04. The van der Waals surface area contributed by atoms with Gasteiger partial charge in [0.15, 0.2) is 0 Å². The predicted molar refractivity (Wildman–Crippen MR) is 53.9 cm³/mol. The van der Waals surface area contributed by atoms with E-state index in [-0.39, 0.29) is 0 Å². The van der Waals surface area contributed by atoms with Crippen LogP contribution in [0.25, 0.3) is 5.52 Å². The molecule has 0 aliphatic carbocycles. The molecule has 68 valence electrons. The molecule has 2 aromatic rings. The summed E-state index contributed by atoms with van der Waals surface area (Å²) in [4.78, 5) is 6.07. The van der Waals surface area contributed by atoms with Crippen LogP contribution in [-0.2, 0) is 0 Å². The molecule has 0 radical (unpaired) electrons. The summed E-state index contributed by atoms with van der Waals surface area (Å²) >= 11 is 0. The fourth-order valence-corrected chi connectivity index (χ4v) is 1.39. The van der Waals surface area contributed by atoms with Crippen molar-refractivity contribution in [2.24, 2.45) is 0 Å². The lowest BCUT2D eigenvalue weighted by Gasteiger charge is -2.13. The highest BCUT2D eigenvalue weighted by Crippen LogP contribution is 2.18. The first-order valence-corrected chi connectivity index (χ1v) is 4.09. The van der Waals surface area contributed by atoms with Crippen LogP contribution in [0.3, 0.4) is 0 Å². The number of anilines is 2. The Morgan fingerprint density at radius 3 is 2.85 bits per heavy atom. The van der Waals surface area contributed by atoms with Gasteiger partial charge in [0.2, 0.25) is 0 Å². The van der Waals surface area contributed by atoms with Gasteiger partial charge >= 0.3 is 0 Å². The Kier molecular flexibility index (Phi) is 1.62. The molecule has 2 rings (SSSR count). The summed E-state index contributed by atoms with van der Waals surface area (Å²) in [5, 5.41) is 0. The molecular formula is C9H12N4. The molecule has 0 fully saturated rings. The van der Waals surface area contributed by atoms with Crippen LogP contribution in [0.5, 0.6) is 0 Å². The van der Waals surface area contributed by atoms with Crippen LogP contribution in [0.2, 0.25) is 0 Å². The first kappa shape index (κ1) is 7.91. The monoisotopic (exact) mass is 176 g/mol. The lowest BCUT2D eigenvalue weighted by atomic mass is 10.4. The fourth-order valence-electron chi connectivity index (χ4n) is 1.39. The maximum Gasteiger partial charge on any atom is 0.149 e. The number of nitrogen functional groups attached to an aromatic ring is 1. The lowest BCUT2D eigenvalue weighted by molar-refractivity contribution is 1.02. The second kappa shape index (κ2) is 2.65. The summed E-state index contributed by atoms with van der Waals surface area (Å²) in [7, 11) is 3.98. The Morgan fingerprint density at radius 2 is 2.15 bits per heavy atom. The smallest absolute Gasteiger partial charge is 0.149 e. The molecule has 0 unspecified atom stereocenters. The molecule has 13 heavy (non-hydrogen) atoms. The largest absolute Gasteiger partial charge is 0.382 e. The van der Waals surface area contributed by atoms with Gasteiger partial charge in [0, 0.05) is 14.1 Å². The van der Waals surface area contributed by atoms with E-state index in [1.165, 1.54) is 0 Å². The molecular weight excluding hydrogens is 164 g/mol. The molecule has 0 aliphatic rings. The highest BCUT2D eigenvalue weighted by atomic mass is 15.2. The van der Waals surface area contributed by atoms with Crippen molar-refractivity contribution < 1.29 is 0 Å². The first-order valence-electron chi connectivity index (χ1n) is 4.09. The Hall–Kier alpha value is -1.71. The third-order valence-electron chi connectivity index (χ3n) is 2.04. The van der Waals surface area contributed by atoms with Crippen LogP contribution >= 0.6 is 0 Å². The van der Waals surface area contributed by atoms with E-state index in [4.69, 9.17) is 5.73 Å². The third kappa shape index (κ3) is 1.11. The molecule has 0 aromatic carbocycles. The molecule has 2 N–H and O–H groups in total. The van der Waals surface area contributed by atoms with E-state index in [1.807, 2.05) is 41.6 Å². The molecule has 0 atom stereocenters. The van der Waals surface area contributed by atoms with Gasteiger partial charge < -0.3 is 10.6 Å². The molecule has 0 amide bonds. The van der Waals surface area contributed by atoms with Crippen LogP contribution in [0, 0.1) is 0 Å². The molecule has 0 aliphatic heterocycles. The molecule has 0 saturated heterocycles. The Labute approximate surface area is 76.6 Å². The minimum atomic E-state index is 0.573. The number of aromatic nitrogens is 2. The van der Waals surface area contributed by atoms with Gasteiger partial charge in [-0.25, -0.2) is 4.98 Å². The predicted octanol–water partition coefficient (Wildman–Crippen LogP) is 0.982. The van der Waals surface area contributed by atoms with E-state index in [0.717, 1.165) is 11.3 Å². The summed E-state index contributed by atoms with van der Waals surface area (Å²) in [5.74, 6) is 1.64. The Morgan fingerprint density at radius 1 is 1.38 bits per heavy atom. The maximum absolute atomic E-state index is 5.69. The van der Waals surface area contributed by atoms with Crippen molar-refractivity contribution in [3.05, 3.63) is 24.5 Å². The van der Waals surface area contributed by atoms with Crippen molar-refractivity contribution in [1.82, 2.24) is 9.38 Å². The van der Waals surface area contributed by atoms with Gasteiger partial charge in [-0.05, 0) is 12.1 Å². The molecule has 4 heteroatoms. The van der Waals surface area contributed by atoms with E-state index in [2.05, 4.69) is 4.98 Å². The zero-order chi connectivity index (χ0) is 9.42. The number of pyridine rings is 1. The van der Waals surface area contributed by atoms with E-state index in [0.29, 0.717) is 5.82 Å². The maximum atomic E-state index is 5.69. The van der Waals surface area contributed by atoms with Crippen molar-refractivity contribution in [3.8, 4) is 0 Å². The van der Waals surface area contributed by atoms with E-state index in [9.17, 15) is 0 Å². The van der Waals surface area contributed by atoms with Gasteiger partial charge in [0.05, 0.1) is 5.52 Å². The van der Waals surface area contributed by atoms with Gasteiger partial charge in [-0.3, -0.25) is 4.40 Å². The fraction of sp³-hybridized carbons (Fsp3) is 0.222. The van der Waals surface area contributed by atoms with Crippen molar-refractivity contribution in [3.63, 3.8) is 0 Å². The SMILES string of the molecule is CN(C)c1cccc2c(N)ncn12. The average molecular weight is 176 g/mol. The normalized spacial score (nSPS) is 10.6. The number of hydrogen-bond donors (Lipinski definition) is 1. The van der Waals surface area contributed by atoms with Gasteiger partial charge in [0.25, 0.3) is 0 Å². The Balaban J connectivity index is 2.77. The van der Waals surface area contributed by atoms with Crippen LogP contribution < -0.4 is 10.6 Å². The van der Waals surface area contributed by atoms with E-state index < -0.39 is 0 Å². The van der Waals surface area contributed by atoms with E-state index >= 15 is 0 Å². The van der Waals surface area contributed by atoms with Gasteiger partial charge in [0.1, 0.15) is 18.0 Å². The second-order valence-corrected chi connectivity index (χ2v) is 3.16. The zero-order valence-corrected chi connectivity index (χ0v) is 7.73. The number of hydrogen-bond acceptors (Lipinski definition) is 3. The quantitative estimate of drug-likeness (QED) is 0.704. The molecule has 0 saturated carbocycles. The van der Waals surface area contributed by atoms with E-state index in [1.54, 1.807) is 6.33 Å². The lowest BCUT2D eigenvalue weighted by Crippen LogP contribution is -2.12. The molecule has 2 aromatic heterocycles. The summed E-state index contributed by atoms with van der Waals surface area (Å²) in [6, 6.07) is 5.95. The van der Waals surface area contributed by atoms with Crippen molar-refractivity contribution in [2.75, 3.05) is 24.7 Å². The number of nitrogens with zero attached hydrogens (tertiary/aromatic N) is 3. The minimum Gasteiger partial charge on any atom is -0.382 e. The van der Waals surface area contributed by atoms with Gasteiger partial charge in [-0.15, -0.1) is 0 Å². The summed E-state index contributed by atoms with van der Waals surface area (Å²) in [6.45, 7) is 0. The number of fused-ring (bicyclic) bond motifs is 1. The van der Waals surface area contributed by atoms with Gasteiger partial charge in [-0.1, -0.05) is 6.07 Å². The highest BCUT2D eigenvalue weighted by molar-refractivity contribution is 5.68. The van der Waals surface area contributed by atoms with Crippen LogP contribution in [-0.4, -0.2) is 23.5 Å². The van der Waals surface area contributed by atoms with Crippen LogP contribution in [0.4, 0.5) is 11.6 Å². The Bertz CT molecular complexity index is 430. The van der Waals surface area contributed by atoms with Crippen LogP contribution in [0.1, 0.15) is 0 Å². The standard InChI is InChI=1S/C9H12N4/c1-12(2)8-5-3-4-7-9(10)11-6-13(7)8/h3-6H,10H2,1-2H3. The average Bonchev–Trinajstić information content (AvgIpc) is 2.48. The molecule has 4 nitrogen and oxygen atoms in total. The summed E-state index contributed by atoms with van der Waals surface area (Å²) in [6.07, 6.45) is 1.74. The van der Waals surface area contributed by atoms with Crippen molar-refractivity contribution >= 4 is 17.2 Å². The summed E-state index contributed by atoms with van der Waals surface area (Å²) < 4.78 is 1.97. The minimum absolute atomic E-state index is 0.573. The molecule has 0 spiro atoms. The molecule has 2 heterocycles. The molecule has 0 bridgehead atoms. The number of rotatable bonds is 1. The first-order chi connectivity index (χ1) is 6.20. The van der Waals surface area contributed by atoms with Crippen molar-refractivity contribution in [2.45, 2.75) is 0 Å². The topological polar surface area (TPSA) is 46.6 Å². The number of nitrogens with two attached hydrogens (primary N) is 1. The van der Waals surface area contributed by atoms with Crippen molar-refractivity contribution in [1.29, 1.82) is 0 Å². The zero-order valence-electron chi connectivity index (χ0n) is 7.73.